The van der Waals surface area contributed by atoms with Gasteiger partial charge < -0.3 is 0 Å². The molecule has 1 radical (unpaired) electrons. The molecule has 0 bridgehead atoms. The molecule has 0 aromatic heterocycles. The molecule has 0 aliphatic carbocycles. The van der Waals surface area contributed by atoms with E-state index in [0.29, 0.717) is 5.92 Å². The van der Waals surface area contributed by atoms with Crippen LogP contribution < -0.4 is 0 Å². The van der Waals surface area contributed by atoms with Crippen LogP contribution in [0.15, 0.2) is 0 Å². The van der Waals surface area contributed by atoms with Crippen LogP contribution in [-0.4, -0.2) is 0 Å². The van der Waals surface area contributed by atoms with Crippen LogP contribution in [0.3, 0.4) is 0 Å². The van der Waals surface area contributed by atoms with Gasteiger partial charge >= 0.3 is 0 Å². The third-order valence-corrected chi connectivity index (χ3v) is 1.17. The molecule has 1 unspecified atom stereocenters. The molecule has 0 aliphatic heterocycles. The largest absolute Gasteiger partial charge is 0.120 e. The van der Waals surface area contributed by atoms with Crippen molar-refractivity contribution in [2.75, 3.05) is 0 Å². The first-order valence-electron chi connectivity index (χ1n) is 3.14. The molecule has 0 aromatic rings. The summed E-state index contributed by atoms with van der Waals surface area (Å²) in [4.78, 5) is 0. The predicted octanol–water partition coefficient (Wildman–Crippen LogP) is 2.26. The molecular formula is C8H13. The highest BCUT2D eigenvalue weighted by Crippen LogP contribution is 2.06. The molecule has 0 nitrogen and oxygen atoms in total. The SMILES string of the molecule is C#CC([CH]CC)CC. The van der Waals surface area contributed by atoms with E-state index in [4.69, 9.17) is 6.42 Å². The highest BCUT2D eigenvalue weighted by atomic mass is 14.0. The van der Waals surface area contributed by atoms with Crippen LogP contribution >= 0.6 is 0 Å². The lowest BCUT2D eigenvalue weighted by atomic mass is 10.0. The zero-order valence-electron chi connectivity index (χ0n) is 5.65. The lowest BCUT2D eigenvalue weighted by Crippen LogP contribution is -1.93. The highest BCUT2D eigenvalue weighted by Gasteiger charge is 1.97. The molecule has 0 fully saturated rings. The van der Waals surface area contributed by atoms with Gasteiger partial charge in [-0.05, 0) is 12.8 Å². The fourth-order valence-corrected chi connectivity index (χ4v) is 0.637. The second-order valence-electron chi connectivity index (χ2n) is 1.83. The Labute approximate surface area is 52.3 Å². The average molecular weight is 109 g/mol. The average Bonchev–Trinajstić information content (AvgIpc) is 1.83. The Bertz CT molecular complexity index is 76.5. The van der Waals surface area contributed by atoms with Gasteiger partial charge in [0, 0.05) is 5.92 Å². The molecule has 0 heterocycles. The summed E-state index contributed by atoms with van der Waals surface area (Å²) in [6.45, 7) is 4.22. The number of hydrogen-bond donors (Lipinski definition) is 0. The van der Waals surface area contributed by atoms with Crippen LogP contribution in [0.25, 0.3) is 0 Å². The topological polar surface area (TPSA) is 0 Å². The molecular weight excluding hydrogens is 96.1 g/mol. The van der Waals surface area contributed by atoms with E-state index in [-0.39, 0.29) is 0 Å². The van der Waals surface area contributed by atoms with Gasteiger partial charge in [-0.25, -0.2) is 0 Å². The van der Waals surface area contributed by atoms with Crippen molar-refractivity contribution in [3.05, 3.63) is 6.42 Å². The van der Waals surface area contributed by atoms with Crippen LogP contribution in [0, 0.1) is 24.7 Å². The fourth-order valence-electron chi connectivity index (χ4n) is 0.637. The van der Waals surface area contributed by atoms with Gasteiger partial charge in [0.2, 0.25) is 0 Å². The Morgan fingerprint density at radius 1 is 1.62 bits per heavy atom. The third-order valence-electron chi connectivity index (χ3n) is 1.17. The van der Waals surface area contributed by atoms with Crippen molar-refractivity contribution in [1.29, 1.82) is 0 Å². The van der Waals surface area contributed by atoms with Crippen LogP contribution in [0.5, 0.6) is 0 Å². The summed E-state index contributed by atoms with van der Waals surface area (Å²) in [5.74, 6) is 3.10. The molecule has 1 atom stereocenters. The Balaban J connectivity index is 3.26. The van der Waals surface area contributed by atoms with Gasteiger partial charge in [0.15, 0.2) is 0 Å². The van der Waals surface area contributed by atoms with E-state index < -0.39 is 0 Å². The maximum Gasteiger partial charge on any atom is 0.0228 e. The molecule has 0 saturated carbocycles. The first-order valence-corrected chi connectivity index (χ1v) is 3.14. The number of hydrogen-bond acceptors (Lipinski definition) is 0. The van der Waals surface area contributed by atoms with E-state index in [1.54, 1.807) is 0 Å². The van der Waals surface area contributed by atoms with Gasteiger partial charge in [-0.15, -0.1) is 12.3 Å². The predicted molar refractivity (Wildman–Crippen MR) is 37.2 cm³/mol. The van der Waals surface area contributed by atoms with Crippen molar-refractivity contribution in [3.63, 3.8) is 0 Å². The molecule has 0 saturated heterocycles. The second kappa shape index (κ2) is 4.71. The summed E-state index contributed by atoms with van der Waals surface area (Å²) in [6, 6.07) is 0. The molecule has 0 heteroatoms. The minimum Gasteiger partial charge on any atom is -0.120 e. The molecule has 0 rings (SSSR count). The quantitative estimate of drug-likeness (QED) is 0.488. The van der Waals surface area contributed by atoms with Gasteiger partial charge in [0.1, 0.15) is 0 Å². The van der Waals surface area contributed by atoms with Gasteiger partial charge in [-0.2, -0.15) is 0 Å². The van der Waals surface area contributed by atoms with Crippen molar-refractivity contribution >= 4 is 0 Å². The van der Waals surface area contributed by atoms with Crippen LogP contribution in [0.1, 0.15) is 26.7 Å². The summed E-state index contributed by atoms with van der Waals surface area (Å²) < 4.78 is 0. The van der Waals surface area contributed by atoms with Crippen LogP contribution in [0.4, 0.5) is 0 Å². The molecule has 0 aliphatic rings. The van der Waals surface area contributed by atoms with E-state index >= 15 is 0 Å². The molecule has 0 aromatic carbocycles. The summed E-state index contributed by atoms with van der Waals surface area (Å²) in [5.41, 5.74) is 0. The first kappa shape index (κ1) is 7.56. The fraction of sp³-hybridized carbons (Fsp3) is 0.625. The van der Waals surface area contributed by atoms with Crippen molar-refractivity contribution in [3.8, 4) is 12.3 Å². The summed E-state index contributed by atoms with van der Waals surface area (Å²) in [5, 5.41) is 0. The zero-order chi connectivity index (χ0) is 6.41. The smallest absolute Gasteiger partial charge is 0.0228 e. The Hall–Kier alpha value is -0.440. The van der Waals surface area contributed by atoms with E-state index in [9.17, 15) is 0 Å². The summed E-state index contributed by atoms with van der Waals surface area (Å²) >= 11 is 0. The molecule has 0 spiro atoms. The minimum atomic E-state index is 0.403. The van der Waals surface area contributed by atoms with E-state index in [1.165, 1.54) is 0 Å². The standard InChI is InChI=1S/C8H13/c1-4-7-8(5-2)6-3/h2,7-8H,4,6H2,1,3H3. The van der Waals surface area contributed by atoms with Crippen molar-refractivity contribution in [2.24, 2.45) is 5.92 Å². The van der Waals surface area contributed by atoms with Gasteiger partial charge in [-0.3, -0.25) is 0 Å². The van der Waals surface area contributed by atoms with E-state index in [0.717, 1.165) is 12.8 Å². The molecule has 45 valence electrons. The normalized spacial score (nSPS) is 12.6. The van der Waals surface area contributed by atoms with E-state index in [1.807, 2.05) is 0 Å². The summed E-state index contributed by atoms with van der Waals surface area (Å²) in [7, 11) is 0. The van der Waals surface area contributed by atoms with Gasteiger partial charge in [-0.1, -0.05) is 20.3 Å². The lowest BCUT2D eigenvalue weighted by Gasteiger charge is -2.01. The van der Waals surface area contributed by atoms with Crippen molar-refractivity contribution in [1.82, 2.24) is 0 Å². The Morgan fingerprint density at radius 2 is 2.25 bits per heavy atom. The minimum absolute atomic E-state index is 0.403. The van der Waals surface area contributed by atoms with Gasteiger partial charge in [0.05, 0.1) is 0 Å². The monoisotopic (exact) mass is 109 g/mol. The van der Waals surface area contributed by atoms with E-state index in [2.05, 4.69) is 26.2 Å². The Kier molecular flexibility index (Phi) is 4.45. The van der Waals surface area contributed by atoms with Crippen LogP contribution in [0.2, 0.25) is 0 Å². The maximum absolute atomic E-state index is 5.19. The van der Waals surface area contributed by atoms with Gasteiger partial charge in [0.25, 0.3) is 0 Å². The summed E-state index contributed by atoms with van der Waals surface area (Å²) in [6.07, 6.45) is 9.51. The lowest BCUT2D eigenvalue weighted by molar-refractivity contribution is 0.714. The highest BCUT2D eigenvalue weighted by molar-refractivity contribution is 4.98. The number of rotatable bonds is 3. The maximum atomic E-state index is 5.19. The Morgan fingerprint density at radius 3 is 2.38 bits per heavy atom. The molecule has 0 amide bonds. The second-order valence-corrected chi connectivity index (χ2v) is 1.83. The molecule has 8 heavy (non-hydrogen) atoms. The zero-order valence-corrected chi connectivity index (χ0v) is 5.65. The van der Waals surface area contributed by atoms with Crippen molar-refractivity contribution in [2.45, 2.75) is 26.7 Å². The first-order chi connectivity index (χ1) is 3.85. The third kappa shape index (κ3) is 2.69. The molecule has 0 N–H and O–H groups in total. The van der Waals surface area contributed by atoms with Crippen molar-refractivity contribution < 1.29 is 0 Å². The van der Waals surface area contributed by atoms with Crippen LogP contribution in [-0.2, 0) is 0 Å². The number of terminal acetylenes is 1.